The molecule has 0 spiro atoms. The molecule has 20 heavy (non-hydrogen) atoms. The lowest BCUT2D eigenvalue weighted by molar-refractivity contribution is 0.508. The molecule has 2 rings (SSSR count). The molecule has 0 saturated carbocycles. The Morgan fingerprint density at radius 3 is 2.95 bits per heavy atom. The first-order chi connectivity index (χ1) is 9.61. The fraction of sp³-hybridized carbons (Fsp3) is 0.438. The first kappa shape index (κ1) is 14.8. The molecule has 0 radical (unpaired) electrons. The topological polar surface area (TPSA) is 49.0 Å². The van der Waals surface area contributed by atoms with Crippen molar-refractivity contribution >= 4 is 5.57 Å². The van der Waals surface area contributed by atoms with Gasteiger partial charge in [0, 0.05) is 48.3 Å². The smallest absolute Gasteiger partial charge is 0.0454 e. The number of hydrogen-bond donors (Lipinski definition) is 3. The highest BCUT2D eigenvalue weighted by molar-refractivity contribution is 5.77. The fourth-order valence-corrected chi connectivity index (χ4v) is 2.48. The molecule has 108 valence electrons. The molecule has 3 N–H and O–H groups in total. The maximum absolute atomic E-state index is 4.52. The Morgan fingerprint density at radius 2 is 2.25 bits per heavy atom. The van der Waals surface area contributed by atoms with E-state index in [1.807, 2.05) is 27.0 Å². The van der Waals surface area contributed by atoms with Crippen LogP contribution < -0.4 is 16.0 Å². The Morgan fingerprint density at radius 1 is 1.45 bits per heavy atom. The van der Waals surface area contributed by atoms with E-state index in [0.717, 1.165) is 47.9 Å². The van der Waals surface area contributed by atoms with Gasteiger partial charge in [0.25, 0.3) is 0 Å². The maximum Gasteiger partial charge on any atom is 0.0454 e. The molecule has 1 atom stereocenters. The van der Waals surface area contributed by atoms with Gasteiger partial charge in [0.15, 0.2) is 0 Å². The first-order valence-electron chi connectivity index (χ1n) is 7.07. The van der Waals surface area contributed by atoms with Crippen LogP contribution in [0.1, 0.15) is 17.0 Å². The van der Waals surface area contributed by atoms with Gasteiger partial charge in [-0.3, -0.25) is 4.98 Å². The van der Waals surface area contributed by atoms with Crippen molar-refractivity contribution in [1.82, 2.24) is 20.9 Å². The number of rotatable bonds is 4. The van der Waals surface area contributed by atoms with E-state index in [1.54, 1.807) is 0 Å². The molecular formula is C16H24N4. The SMILES string of the molecule is C=C(C1=CCNC(CNC)CN1)c1ccc(C)nc1C. The van der Waals surface area contributed by atoms with Crippen molar-refractivity contribution in [2.75, 3.05) is 26.7 Å². The van der Waals surface area contributed by atoms with Crippen LogP contribution in [-0.4, -0.2) is 37.7 Å². The van der Waals surface area contributed by atoms with Gasteiger partial charge in [-0.1, -0.05) is 12.6 Å². The van der Waals surface area contributed by atoms with Gasteiger partial charge in [0.05, 0.1) is 0 Å². The zero-order valence-electron chi connectivity index (χ0n) is 12.6. The minimum Gasteiger partial charge on any atom is -0.383 e. The van der Waals surface area contributed by atoms with Crippen molar-refractivity contribution < 1.29 is 0 Å². The van der Waals surface area contributed by atoms with Crippen molar-refractivity contribution in [1.29, 1.82) is 0 Å². The second kappa shape index (κ2) is 6.68. The van der Waals surface area contributed by atoms with Crippen molar-refractivity contribution in [3.05, 3.63) is 47.4 Å². The quantitative estimate of drug-likeness (QED) is 0.775. The van der Waals surface area contributed by atoms with Gasteiger partial charge in [-0.25, -0.2) is 0 Å². The molecule has 0 bridgehead atoms. The van der Waals surface area contributed by atoms with Gasteiger partial charge in [-0.2, -0.15) is 0 Å². The molecule has 4 heteroatoms. The summed E-state index contributed by atoms with van der Waals surface area (Å²) in [5.41, 5.74) is 5.30. The Kier molecular flexibility index (Phi) is 4.93. The van der Waals surface area contributed by atoms with E-state index in [-0.39, 0.29) is 0 Å². The van der Waals surface area contributed by atoms with Gasteiger partial charge in [0.2, 0.25) is 0 Å². The summed E-state index contributed by atoms with van der Waals surface area (Å²) in [6.45, 7) is 11.0. The molecule has 4 nitrogen and oxygen atoms in total. The summed E-state index contributed by atoms with van der Waals surface area (Å²) < 4.78 is 0. The van der Waals surface area contributed by atoms with Gasteiger partial charge in [-0.15, -0.1) is 0 Å². The Hall–Kier alpha value is -1.65. The molecule has 0 aromatic carbocycles. The van der Waals surface area contributed by atoms with Crippen LogP contribution in [0.5, 0.6) is 0 Å². The standard InChI is InChI=1S/C16H24N4/c1-11-5-6-15(13(3)20-11)12(2)16-7-8-18-14(9-17-4)10-19-16/h5-7,14,17-19H,2,8-10H2,1,3-4H3. The molecular weight excluding hydrogens is 248 g/mol. The maximum atomic E-state index is 4.52. The summed E-state index contributed by atoms with van der Waals surface area (Å²) >= 11 is 0. The monoisotopic (exact) mass is 272 g/mol. The highest BCUT2D eigenvalue weighted by atomic mass is 15.0. The Balaban J connectivity index is 2.11. The number of aromatic nitrogens is 1. The number of allylic oxidation sites excluding steroid dienone is 1. The Labute approximate surface area is 121 Å². The van der Waals surface area contributed by atoms with Crippen molar-refractivity contribution in [3.63, 3.8) is 0 Å². The van der Waals surface area contributed by atoms with Crippen LogP contribution in [0, 0.1) is 13.8 Å². The lowest BCUT2D eigenvalue weighted by atomic mass is 10.0. The summed E-state index contributed by atoms with van der Waals surface area (Å²) in [6.07, 6.45) is 2.16. The number of pyridine rings is 1. The third kappa shape index (κ3) is 3.46. The van der Waals surface area contributed by atoms with E-state index in [0.29, 0.717) is 6.04 Å². The van der Waals surface area contributed by atoms with E-state index in [9.17, 15) is 0 Å². The lowest BCUT2D eigenvalue weighted by Crippen LogP contribution is -2.42. The summed E-state index contributed by atoms with van der Waals surface area (Å²) in [5.74, 6) is 0. The van der Waals surface area contributed by atoms with Gasteiger partial charge < -0.3 is 16.0 Å². The number of aryl methyl sites for hydroxylation is 2. The summed E-state index contributed by atoms with van der Waals surface area (Å²) in [7, 11) is 1.97. The van der Waals surface area contributed by atoms with Crippen LogP contribution in [0.4, 0.5) is 0 Å². The van der Waals surface area contributed by atoms with Gasteiger partial charge >= 0.3 is 0 Å². The number of hydrogen-bond acceptors (Lipinski definition) is 4. The largest absolute Gasteiger partial charge is 0.383 e. The number of nitrogens with zero attached hydrogens (tertiary/aromatic N) is 1. The molecule has 1 aliphatic heterocycles. The van der Waals surface area contributed by atoms with Gasteiger partial charge in [-0.05, 0) is 38.6 Å². The molecule has 0 fully saturated rings. The third-order valence-corrected chi connectivity index (χ3v) is 3.58. The fourth-order valence-electron chi connectivity index (χ4n) is 2.48. The van der Waals surface area contributed by atoms with E-state index in [2.05, 4.69) is 39.7 Å². The van der Waals surface area contributed by atoms with Crippen LogP contribution in [0.3, 0.4) is 0 Å². The van der Waals surface area contributed by atoms with Crippen LogP contribution in [0.15, 0.2) is 30.5 Å². The summed E-state index contributed by atoms with van der Waals surface area (Å²) in [6, 6.07) is 4.57. The number of likely N-dealkylation sites (N-methyl/N-ethyl adjacent to an activating group) is 1. The molecule has 1 aromatic rings. The highest BCUT2D eigenvalue weighted by Gasteiger charge is 2.14. The number of nitrogens with one attached hydrogen (secondary N) is 3. The van der Waals surface area contributed by atoms with Crippen LogP contribution in [-0.2, 0) is 0 Å². The average Bonchev–Trinajstić information content (AvgIpc) is 2.64. The lowest BCUT2D eigenvalue weighted by Gasteiger charge is -2.17. The molecule has 2 heterocycles. The van der Waals surface area contributed by atoms with Crippen molar-refractivity contribution in [2.24, 2.45) is 0 Å². The molecule has 0 saturated heterocycles. The minimum absolute atomic E-state index is 0.429. The third-order valence-electron chi connectivity index (χ3n) is 3.58. The van der Waals surface area contributed by atoms with E-state index in [4.69, 9.17) is 0 Å². The molecule has 1 aliphatic rings. The highest BCUT2D eigenvalue weighted by Crippen LogP contribution is 2.22. The zero-order valence-corrected chi connectivity index (χ0v) is 12.6. The molecule has 0 aliphatic carbocycles. The average molecular weight is 272 g/mol. The normalized spacial score (nSPS) is 18.9. The molecule has 1 aromatic heterocycles. The van der Waals surface area contributed by atoms with E-state index < -0.39 is 0 Å². The Bertz CT molecular complexity index is 519. The second-order valence-corrected chi connectivity index (χ2v) is 5.23. The van der Waals surface area contributed by atoms with E-state index >= 15 is 0 Å². The van der Waals surface area contributed by atoms with Crippen LogP contribution in [0.2, 0.25) is 0 Å². The van der Waals surface area contributed by atoms with E-state index in [1.165, 1.54) is 0 Å². The van der Waals surface area contributed by atoms with Crippen molar-refractivity contribution in [2.45, 2.75) is 19.9 Å². The van der Waals surface area contributed by atoms with Crippen LogP contribution in [0.25, 0.3) is 5.57 Å². The van der Waals surface area contributed by atoms with Crippen molar-refractivity contribution in [3.8, 4) is 0 Å². The summed E-state index contributed by atoms with van der Waals surface area (Å²) in [5, 5.41) is 10.2. The predicted octanol–water partition coefficient (Wildman–Crippen LogP) is 1.38. The van der Waals surface area contributed by atoms with Crippen LogP contribution >= 0.6 is 0 Å². The first-order valence-corrected chi connectivity index (χ1v) is 7.07. The van der Waals surface area contributed by atoms with Gasteiger partial charge in [0.1, 0.15) is 0 Å². The molecule has 0 amide bonds. The zero-order chi connectivity index (χ0) is 14.5. The minimum atomic E-state index is 0.429. The molecule has 1 unspecified atom stereocenters. The summed E-state index contributed by atoms with van der Waals surface area (Å²) in [4.78, 5) is 4.52. The predicted molar refractivity (Wildman–Crippen MR) is 84.5 cm³/mol. The second-order valence-electron chi connectivity index (χ2n) is 5.23.